The molecule has 0 radical (unpaired) electrons. The Labute approximate surface area is 184 Å². The Bertz CT molecular complexity index is 802. The van der Waals surface area contributed by atoms with Gasteiger partial charge in [-0.05, 0) is 89.0 Å². The zero-order valence-electron chi connectivity index (χ0n) is 18.7. The topological polar surface area (TPSA) is 67.4 Å². The van der Waals surface area contributed by atoms with Gasteiger partial charge in [0, 0.05) is 17.9 Å². The molecule has 170 valence electrons. The van der Waals surface area contributed by atoms with Crippen molar-refractivity contribution in [1.29, 1.82) is 0 Å². The van der Waals surface area contributed by atoms with Crippen molar-refractivity contribution in [3.63, 3.8) is 0 Å². The van der Waals surface area contributed by atoms with Crippen LogP contribution in [-0.4, -0.2) is 30.5 Å². The Morgan fingerprint density at radius 2 is 2.06 bits per heavy atom. The molecule has 1 saturated carbocycles. The third-order valence-electron chi connectivity index (χ3n) is 5.97. The van der Waals surface area contributed by atoms with Crippen molar-refractivity contribution in [2.45, 2.75) is 70.8 Å². The fraction of sp³-hybridized carbons (Fsp3) is 0.600. The van der Waals surface area contributed by atoms with Gasteiger partial charge in [0.05, 0.1) is 6.61 Å². The minimum atomic E-state index is -0.294. The Morgan fingerprint density at radius 3 is 2.81 bits per heavy atom. The van der Waals surface area contributed by atoms with E-state index in [9.17, 15) is 14.0 Å². The summed E-state index contributed by atoms with van der Waals surface area (Å²) in [5, 5.41) is 5.95. The predicted octanol–water partition coefficient (Wildman–Crippen LogP) is 4.30. The van der Waals surface area contributed by atoms with Crippen molar-refractivity contribution in [2.24, 2.45) is 11.8 Å². The Kier molecular flexibility index (Phi) is 8.24. The number of benzene rings is 1. The molecule has 0 spiro atoms. The molecule has 1 atom stereocenters. The fourth-order valence-electron chi connectivity index (χ4n) is 3.77. The largest absolute Gasteiger partial charge is 0.490 e. The second-order valence-corrected chi connectivity index (χ2v) is 9.40. The van der Waals surface area contributed by atoms with Crippen molar-refractivity contribution in [1.82, 2.24) is 10.6 Å². The van der Waals surface area contributed by atoms with Gasteiger partial charge in [0.1, 0.15) is 0 Å². The van der Waals surface area contributed by atoms with Gasteiger partial charge >= 0.3 is 0 Å². The number of hydrogen-bond donors (Lipinski definition) is 2. The molecular weight excluding hydrogens is 395 g/mol. The highest BCUT2D eigenvalue weighted by Crippen LogP contribution is 2.30. The number of carbonyl (C=O) groups is 2. The van der Waals surface area contributed by atoms with Gasteiger partial charge in [0.2, 0.25) is 11.8 Å². The molecule has 2 fully saturated rings. The number of hydrogen-bond acceptors (Lipinski definition) is 4. The van der Waals surface area contributed by atoms with E-state index >= 15 is 0 Å². The predicted molar refractivity (Wildman–Crippen MR) is 119 cm³/mol. The monoisotopic (exact) mass is 430 g/mol. The number of halogens is 1. The molecule has 1 aromatic rings. The lowest BCUT2D eigenvalue weighted by molar-refractivity contribution is -0.136. The summed E-state index contributed by atoms with van der Waals surface area (Å²) in [6.45, 7) is 5.64. The Hall–Kier alpha value is -2.21. The number of amides is 2. The SMILES string of the molecule is CC(C)(/C=C/CCCC1CCC(=O)NC1=O)NCCc1ccc(F)c(OCC2CC2)c1. The molecule has 2 N–H and O–H groups in total. The molecule has 5 nitrogen and oxygen atoms in total. The molecule has 1 unspecified atom stereocenters. The van der Waals surface area contributed by atoms with Gasteiger partial charge in [-0.25, -0.2) is 4.39 Å². The van der Waals surface area contributed by atoms with Gasteiger partial charge in [0.15, 0.2) is 11.6 Å². The third-order valence-corrected chi connectivity index (χ3v) is 5.97. The zero-order chi connectivity index (χ0) is 22.3. The number of carbonyl (C=O) groups excluding carboxylic acids is 2. The van der Waals surface area contributed by atoms with E-state index in [0.29, 0.717) is 31.1 Å². The number of unbranched alkanes of at least 4 members (excludes halogenated alkanes) is 1. The number of piperidine rings is 1. The first-order valence-corrected chi connectivity index (χ1v) is 11.5. The maximum atomic E-state index is 13.9. The zero-order valence-corrected chi connectivity index (χ0v) is 18.7. The summed E-state index contributed by atoms with van der Waals surface area (Å²) in [5.74, 6) is 0.352. The summed E-state index contributed by atoms with van der Waals surface area (Å²) in [6, 6.07) is 5.13. The highest BCUT2D eigenvalue weighted by atomic mass is 19.1. The van der Waals surface area contributed by atoms with Crippen LogP contribution in [0.1, 0.15) is 64.4 Å². The third kappa shape index (κ3) is 8.09. The summed E-state index contributed by atoms with van der Waals surface area (Å²) >= 11 is 0. The van der Waals surface area contributed by atoms with E-state index in [0.717, 1.165) is 37.8 Å². The molecule has 0 bridgehead atoms. The van der Waals surface area contributed by atoms with Gasteiger partial charge in [-0.15, -0.1) is 0 Å². The van der Waals surface area contributed by atoms with Crippen molar-refractivity contribution >= 4 is 11.8 Å². The summed E-state index contributed by atoms with van der Waals surface area (Å²) in [7, 11) is 0. The van der Waals surface area contributed by atoms with Gasteiger partial charge < -0.3 is 10.1 Å². The lowest BCUT2D eigenvalue weighted by Crippen LogP contribution is -2.40. The molecule has 0 aromatic heterocycles. The molecule has 1 aliphatic carbocycles. The minimum absolute atomic E-state index is 0.0360. The first-order valence-electron chi connectivity index (χ1n) is 11.5. The van der Waals surface area contributed by atoms with Crippen LogP contribution in [0.25, 0.3) is 0 Å². The molecule has 2 aliphatic rings. The fourth-order valence-corrected chi connectivity index (χ4v) is 3.77. The second kappa shape index (κ2) is 10.9. The number of ether oxygens (including phenoxy) is 1. The standard InChI is InChI=1S/C25H35FN2O3/c1-25(2,14-5-3-4-6-20-10-12-23(29)28-24(20)30)27-15-13-18-9-11-21(26)22(16-18)31-17-19-7-8-19/h5,9,11,14,16,19-20,27H,3-4,6-8,10,12-13,15,17H2,1-2H3,(H,28,29,30)/b14-5+. The molecule has 6 heteroatoms. The summed E-state index contributed by atoms with van der Waals surface area (Å²) in [5.41, 5.74) is 0.906. The highest BCUT2D eigenvalue weighted by molar-refractivity contribution is 5.98. The number of imide groups is 1. The maximum Gasteiger partial charge on any atom is 0.229 e. The molecular formula is C25H35FN2O3. The maximum absolute atomic E-state index is 13.9. The lowest BCUT2D eigenvalue weighted by atomic mass is 9.92. The molecule has 31 heavy (non-hydrogen) atoms. The van der Waals surface area contributed by atoms with Crippen LogP contribution in [-0.2, 0) is 16.0 Å². The van der Waals surface area contributed by atoms with Gasteiger partial charge in [-0.2, -0.15) is 0 Å². The van der Waals surface area contributed by atoms with Gasteiger partial charge in [-0.3, -0.25) is 14.9 Å². The van der Waals surface area contributed by atoms with Crippen LogP contribution in [0.15, 0.2) is 30.4 Å². The van der Waals surface area contributed by atoms with E-state index in [2.05, 4.69) is 36.6 Å². The molecule has 1 heterocycles. The summed E-state index contributed by atoms with van der Waals surface area (Å²) < 4.78 is 19.6. The second-order valence-electron chi connectivity index (χ2n) is 9.40. The van der Waals surface area contributed by atoms with E-state index in [4.69, 9.17) is 4.74 Å². The van der Waals surface area contributed by atoms with Crippen LogP contribution in [0.5, 0.6) is 5.75 Å². The first-order chi connectivity index (χ1) is 14.8. The summed E-state index contributed by atoms with van der Waals surface area (Å²) in [4.78, 5) is 23.0. The van der Waals surface area contributed by atoms with E-state index in [1.54, 1.807) is 0 Å². The Balaban J connectivity index is 1.35. The number of nitrogens with one attached hydrogen (secondary N) is 2. The lowest BCUT2D eigenvalue weighted by Gasteiger charge is -2.23. The molecule has 1 aliphatic heterocycles. The highest BCUT2D eigenvalue weighted by Gasteiger charge is 2.25. The van der Waals surface area contributed by atoms with Gasteiger partial charge in [-0.1, -0.05) is 18.2 Å². The average molecular weight is 431 g/mol. The number of allylic oxidation sites excluding steroid dienone is 1. The van der Waals surface area contributed by atoms with Crippen molar-refractivity contribution < 1.29 is 18.7 Å². The quantitative estimate of drug-likeness (QED) is 0.295. The average Bonchev–Trinajstić information content (AvgIpc) is 3.54. The first kappa shape index (κ1) is 23.5. The van der Waals surface area contributed by atoms with Crippen molar-refractivity contribution in [3.8, 4) is 5.75 Å². The van der Waals surface area contributed by atoms with E-state index in [1.165, 1.54) is 18.9 Å². The van der Waals surface area contributed by atoms with Crippen LogP contribution in [0.2, 0.25) is 0 Å². The van der Waals surface area contributed by atoms with Crippen LogP contribution >= 0.6 is 0 Å². The van der Waals surface area contributed by atoms with Crippen LogP contribution in [0.3, 0.4) is 0 Å². The van der Waals surface area contributed by atoms with E-state index in [1.807, 2.05) is 12.1 Å². The Morgan fingerprint density at radius 1 is 1.26 bits per heavy atom. The molecule has 1 aromatic carbocycles. The van der Waals surface area contributed by atoms with Crippen molar-refractivity contribution in [2.75, 3.05) is 13.2 Å². The molecule has 2 amide bonds. The van der Waals surface area contributed by atoms with E-state index in [-0.39, 0.29) is 29.1 Å². The minimum Gasteiger partial charge on any atom is -0.490 e. The van der Waals surface area contributed by atoms with Gasteiger partial charge in [0.25, 0.3) is 0 Å². The molecule has 1 saturated heterocycles. The smallest absolute Gasteiger partial charge is 0.229 e. The molecule has 3 rings (SSSR count). The van der Waals surface area contributed by atoms with Crippen LogP contribution in [0, 0.1) is 17.7 Å². The van der Waals surface area contributed by atoms with E-state index < -0.39 is 0 Å². The van der Waals surface area contributed by atoms with Crippen molar-refractivity contribution in [3.05, 3.63) is 41.7 Å². The summed E-state index contributed by atoms with van der Waals surface area (Å²) in [6.07, 6.45) is 11.2. The van der Waals surface area contributed by atoms with Crippen LogP contribution < -0.4 is 15.4 Å². The normalized spacial score (nSPS) is 19.6. The van der Waals surface area contributed by atoms with Crippen LogP contribution in [0.4, 0.5) is 4.39 Å². The number of rotatable bonds is 12.